The van der Waals surface area contributed by atoms with E-state index in [4.69, 9.17) is 9.84 Å². The first kappa shape index (κ1) is 13.8. The first-order chi connectivity index (χ1) is 8.95. The summed E-state index contributed by atoms with van der Waals surface area (Å²) in [6.45, 7) is 6.29. The monoisotopic (exact) mass is 263 g/mol. The number of carboxylic acid groups (broad SMARTS) is 1. The van der Waals surface area contributed by atoms with Crippen molar-refractivity contribution in [2.75, 3.05) is 0 Å². The van der Waals surface area contributed by atoms with Crippen LogP contribution in [0.4, 0.5) is 0 Å². The molecule has 0 spiro atoms. The zero-order chi connectivity index (χ0) is 14.0. The number of hydrogen-bond donors (Lipinski definition) is 1. The third kappa shape index (κ3) is 3.46. The minimum absolute atomic E-state index is 0.110. The molecule has 2 rings (SSSR count). The molecule has 1 heterocycles. The second-order valence-electron chi connectivity index (χ2n) is 5.78. The lowest BCUT2D eigenvalue weighted by Crippen LogP contribution is -2.29. The van der Waals surface area contributed by atoms with E-state index in [0.29, 0.717) is 17.6 Å². The summed E-state index contributed by atoms with van der Waals surface area (Å²) in [5, 5.41) is 9.17. The Hall–Kier alpha value is -1.58. The number of rotatable bonds is 3. The number of hydrogen-bond acceptors (Lipinski definition) is 3. The molecule has 4 heteroatoms. The fourth-order valence-corrected chi connectivity index (χ4v) is 2.94. The van der Waals surface area contributed by atoms with E-state index in [0.717, 1.165) is 18.5 Å². The predicted octanol–water partition coefficient (Wildman–Crippen LogP) is 3.29. The summed E-state index contributed by atoms with van der Waals surface area (Å²) in [5.74, 6) is 0.723. The average Bonchev–Trinajstić information content (AvgIpc) is 2.26. The van der Waals surface area contributed by atoms with Crippen LogP contribution in [0.3, 0.4) is 0 Å². The topological polar surface area (TPSA) is 59.4 Å². The first-order valence-electron chi connectivity index (χ1n) is 6.82. The average molecular weight is 263 g/mol. The van der Waals surface area contributed by atoms with Crippen molar-refractivity contribution in [3.05, 3.63) is 23.5 Å². The van der Waals surface area contributed by atoms with Crippen molar-refractivity contribution >= 4 is 5.97 Å². The molecule has 104 valence electrons. The Balaban J connectivity index is 2.18. The third-order valence-electron chi connectivity index (χ3n) is 3.66. The molecule has 1 aliphatic carbocycles. The molecule has 0 bridgehead atoms. The Labute approximate surface area is 113 Å². The van der Waals surface area contributed by atoms with Gasteiger partial charge in [-0.15, -0.1) is 0 Å². The van der Waals surface area contributed by atoms with Gasteiger partial charge in [0.05, 0.1) is 6.10 Å². The van der Waals surface area contributed by atoms with Crippen molar-refractivity contribution in [2.24, 2.45) is 11.8 Å². The highest BCUT2D eigenvalue weighted by molar-refractivity contribution is 5.90. The molecule has 1 fully saturated rings. The van der Waals surface area contributed by atoms with Crippen LogP contribution in [0.5, 0.6) is 5.75 Å². The zero-order valence-corrected chi connectivity index (χ0v) is 11.7. The molecule has 4 nitrogen and oxygen atoms in total. The molecule has 1 aromatic rings. The molecule has 1 saturated carbocycles. The number of aryl methyl sites for hydroxylation is 1. The van der Waals surface area contributed by atoms with E-state index >= 15 is 0 Å². The molecule has 0 saturated heterocycles. The summed E-state index contributed by atoms with van der Waals surface area (Å²) in [5.41, 5.74) is 0.924. The maximum absolute atomic E-state index is 11.2. The van der Waals surface area contributed by atoms with Gasteiger partial charge in [0.2, 0.25) is 0 Å². The Morgan fingerprint density at radius 3 is 2.53 bits per heavy atom. The van der Waals surface area contributed by atoms with Gasteiger partial charge in [-0.05, 0) is 38.0 Å². The van der Waals surface area contributed by atoms with Gasteiger partial charge < -0.3 is 9.84 Å². The maximum Gasteiger partial charge on any atom is 0.341 e. The summed E-state index contributed by atoms with van der Waals surface area (Å²) in [7, 11) is 0. The number of carbonyl (C=O) groups is 1. The van der Waals surface area contributed by atoms with Crippen LogP contribution in [0.15, 0.2) is 12.3 Å². The van der Waals surface area contributed by atoms with Gasteiger partial charge in [-0.3, -0.25) is 4.98 Å². The van der Waals surface area contributed by atoms with E-state index in [1.165, 1.54) is 12.6 Å². The minimum atomic E-state index is -0.987. The highest BCUT2D eigenvalue weighted by atomic mass is 16.5. The van der Waals surface area contributed by atoms with Crippen LogP contribution in [0.2, 0.25) is 0 Å². The van der Waals surface area contributed by atoms with Gasteiger partial charge in [-0.1, -0.05) is 13.8 Å². The molecule has 19 heavy (non-hydrogen) atoms. The number of pyridine rings is 1. The standard InChI is InChI=1S/C15H21NO3/c1-9-4-10(2)6-12(5-9)19-14-7-11(3)16-8-13(14)15(17)18/h7-10,12H,4-6H2,1-3H3,(H,17,18). The van der Waals surface area contributed by atoms with Gasteiger partial charge in [0.15, 0.2) is 0 Å². The van der Waals surface area contributed by atoms with E-state index in [2.05, 4.69) is 18.8 Å². The van der Waals surface area contributed by atoms with Gasteiger partial charge in [0.25, 0.3) is 0 Å². The number of ether oxygens (including phenoxy) is 1. The van der Waals surface area contributed by atoms with Gasteiger partial charge in [-0.25, -0.2) is 4.79 Å². The molecule has 0 aliphatic heterocycles. The highest BCUT2D eigenvalue weighted by Crippen LogP contribution is 2.32. The lowest BCUT2D eigenvalue weighted by molar-refractivity contribution is 0.0675. The van der Waals surface area contributed by atoms with Crippen molar-refractivity contribution in [3.8, 4) is 5.75 Å². The summed E-state index contributed by atoms with van der Waals surface area (Å²) < 4.78 is 5.95. The van der Waals surface area contributed by atoms with E-state index in [1.54, 1.807) is 6.07 Å². The van der Waals surface area contributed by atoms with Gasteiger partial charge >= 0.3 is 5.97 Å². The lowest BCUT2D eigenvalue weighted by Gasteiger charge is -2.32. The van der Waals surface area contributed by atoms with E-state index < -0.39 is 5.97 Å². The molecule has 1 aromatic heterocycles. The third-order valence-corrected chi connectivity index (χ3v) is 3.66. The molecular formula is C15H21NO3. The van der Waals surface area contributed by atoms with Crippen molar-refractivity contribution in [2.45, 2.75) is 46.1 Å². The van der Waals surface area contributed by atoms with Crippen LogP contribution in [-0.4, -0.2) is 22.2 Å². The normalized spacial score (nSPS) is 27.0. The molecule has 0 amide bonds. The largest absolute Gasteiger partial charge is 0.489 e. The molecule has 0 radical (unpaired) electrons. The molecular weight excluding hydrogens is 242 g/mol. The number of aromatic nitrogens is 1. The fraction of sp³-hybridized carbons (Fsp3) is 0.600. The summed E-state index contributed by atoms with van der Waals surface area (Å²) in [6, 6.07) is 1.72. The second-order valence-corrected chi connectivity index (χ2v) is 5.78. The van der Waals surface area contributed by atoms with Gasteiger partial charge in [-0.2, -0.15) is 0 Å². The van der Waals surface area contributed by atoms with Crippen LogP contribution >= 0.6 is 0 Å². The minimum Gasteiger partial charge on any atom is -0.489 e. The highest BCUT2D eigenvalue weighted by Gasteiger charge is 2.26. The molecule has 1 N–H and O–H groups in total. The Morgan fingerprint density at radius 1 is 1.32 bits per heavy atom. The fourth-order valence-electron chi connectivity index (χ4n) is 2.94. The van der Waals surface area contributed by atoms with Crippen LogP contribution in [-0.2, 0) is 0 Å². The van der Waals surface area contributed by atoms with Crippen LogP contribution in [0.25, 0.3) is 0 Å². The summed E-state index contributed by atoms with van der Waals surface area (Å²) in [4.78, 5) is 15.2. The SMILES string of the molecule is Cc1cc(OC2CC(C)CC(C)C2)c(C(=O)O)cn1. The predicted molar refractivity (Wildman–Crippen MR) is 72.5 cm³/mol. The Bertz CT molecular complexity index is 462. The van der Waals surface area contributed by atoms with Crippen LogP contribution < -0.4 is 4.74 Å². The van der Waals surface area contributed by atoms with Crippen molar-refractivity contribution in [3.63, 3.8) is 0 Å². The first-order valence-corrected chi connectivity index (χ1v) is 6.82. The van der Waals surface area contributed by atoms with E-state index in [-0.39, 0.29) is 11.7 Å². The number of aromatic carboxylic acids is 1. The maximum atomic E-state index is 11.2. The van der Waals surface area contributed by atoms with E-state index in [9.17, 15) is 4.79 Å². The molecule has 2 atom stereocenters. The summed E-state index contributed by atoms with van der Waals surface area (Å²) in [6.07, 6.45) is 4.69. The van der Waals surface area contributed by atoms with Gasteiger partial charge in [0, 0.05) is 18.0 Å². The van der Waals surface area contributed by atoms with Crippen molar-refractivity contribution < 1.29 is 14.6 Å². The summed E-state index contributed by atoms with van der Waals surface area (Å²) >= 11 is 0. The second kappa shape index (κ2) is 5.59. The lowest BCUT2D eigenvalue weighted by atomic mass is 9.82. The quantitative estimate of drug-likeness (QED) is 0.909. The number of carboxylic acids is 1. The van der Waals surface area contributed by atoms with Crippen molar-refractivity contribution in [1.29, 1.82) is 0 Å². The smallest absolute Gasteiger partial charge is 0.341 e. The Morgan fingerprint density at radius 2 is 1.95 bits per heavy atom. The van der Waals surface area contributed by atoms with Crippen LogP contribution in [0.1, 0.15) is 49.2 Å². The number of nitrogens with zero attached hydrogens (tertiary/aromatic N) is 1. The van der Waals surface area contributed by atoms with Crippen LogP contribution in [0, 0.1) is 18.8 Å². The molecule has 1 aliphatic rings. The Kier molecular flexibility index (Phi) is 4.08. The molecule has 2 unspecified atom stereocenters. The van der Waals surface area contributed by atoms with Gasteiger partial charge in [0.1, 0.15) is 11.3 Å². The zero-order valence-electron chi connectivity index (χ0n) is 11.7. The van der Waals surface area contributed by atoms with Crippen molar-refractivity contribution in [1.82, 2.24) is 4.98 Å². The molecule has 0 aromatic carbocycles. The van der Waals surface area contributed by atoms with E-state index in [1.807, 2.05) is 6.92 Å².